The molecule has 242 valence electrons. The van der Waals surface area contributed by atoms with E-state index in [4.69, 9.17) is 32.9 Å². The van der Waals surface area contributed by atoms with Crippen LogP contribution in [0.2, 0.25) is 5.02 Å². The maximum atomic E-state index is 16.2. The quantitative estimate of drug-likeness (QED) is 0.160. The fourth-order valence-electron chi connectivity index (χ4n) is 7.55. The van der Waals surface area contributed by atoms with Crippen LogP contribution in [0.4, 0.5) is 19.0 Å². The molecule has 3 aliphatic rings. The molecule has 8 nitrogen and oxygen atoms in total. The van der Waals surface area contributed by atoms with Crippen molar-refractivity contribution < 1.29 is 22.7 Å². The number of aromatic nitrogens is 2. The maximum Gasteiger partial charge on any atom is 0.319 e. The average molecular weight is 661 g/mol. The van der Waals surface area contributed by atoms with Crippen molar-refractivity contribution in [3.8, 4) is 17.1 Å². The van der Waals surface area contributed by atoms with Crippen LogP contribution in [0.1, 0.15) is 25.7 Å². The lowest BCUT2D eigenvalue weighted by molar-refractivity contribution is -0.131. The fraction of sp³-hybridized carbons (Fsp3) is 0.371. The van der Waals surface area contributed by atoms with Crippen molar-refractivity contribution in [1.29, 1.82) is 0 Å². The van der Waals surface area contributed by atoms with Crippen molar-refractivity contribution in [3.63, 3.8) is 0 Å². The number of amides is 1. The van der Waals surface area contributed by atoms with E-state index in [1.54, 1.807) is 30.3 Å². The lowest BCUT2D eigenvalue weighted by atomic mass is 9.95. The molecule has 12 heteroatoms. The van der Waals surface area contributed by atoms with E-state index in [-0.39, 0.29) is 48.3 Å². The van der Waals surface area contributed by atoms with Crippen LogP contribution in [0, 0.1) is 18.2 Å². The minimum Gasteiger partial charge on any atom is -0.461 e. The number of benzene rings is 3. The second-order valence-corrected chi connectivity index (χ2v) is 12.9. The first kappa shape index (κ1) is 31.2. The second kappa shape index (κ2) is 12.3. The zero-order valence-electron chi connectivity index (χ0n) is 25.6. The van der Waals surface area contributed by atoms with Crippen LogP contribution < -0.4 is 9.64 Å². The molecule has 0 radical (unpaired) electrons. The Kier molecular flexibility index (Phi) is 8.18. The van der Waals surface area contributed by atoms with Gasteiger partial charge in [-0.15, -0.1) is 0 Å². The number of carbonyl (C=O) groups is 1. The van der Waals surface area contributed by atoms with Gasteiger partial charge in [0.05, 0.1) is 16.1 Å². The molecule has 3 saturated heterocycles. The molecule has 3 fully saturated rings. The van der Waals surface area contributed by atoms with Gasteiger partial charge in [-0.1, -0.05) is 42.4 Å². The van der Waals surface area contributed by atoms with Gasteiger partial charge < -0.3 is 19.4 Å². The van der Waals surface area contributed by atoms with Crippen molar-refractivity contribution in [2.75, 3.05) is 50.8 Å². The number of anilines is 1. The number of rotatable bonds is 7. The van der Waals surface area contributed by atoms with Gasteiger partial charge in [-0.25, -0.2) is 19.7 Å². The average Bonchev–Trinajstić information content (AvgIpc) is 3.65. The summed E-state index contributed by atoms with van der Waals surface area (Å²) in [5.74, 6) is -2.76. The van der Waals surface area contributed by atoms with Gasteiger partial charge >= 0.3 is 6.01 Å². The first-order valence-corrected chi connectivity index (χ1v) is 16.1. The lowest BCUT2D eigenvalue weighted by Crippen LogP contribution is -2.56. The molecular formula is C35H32ClF3N6O2. The van der Waals surface area contributed by atoms with Gasteiger partial charge in [-0.3, -0.25) is 9.69 Å². The molecule has 1 aromatic heterocycles. The minimum atomic E-state index is -1.09. The normalized spacial score (nSPS) is 19.3. The van der Waals surface area contributed by atoms with Crippen molar-refractivity contribution in [2.24, 2.45) is 0 Å². The number of carbonyl (C=O) groups excluding carboxylic acids is 1. The Balaban J connectivity index is 1.33. The standard InChI is InChI=1S/C35H32ClF3N6O2/c1-21(37)33(46)45-15-14-43(19-23(45)18-40-2)32-26-16-28(39)25(24-7-3-6-22-8-9-27(38)31(36)30(22)24)17-29(26)41-34(42-32)47-20-35-10-4-12-44(35)13-5-11-35/h3,6-9,16-17,23H,1,4-5,10-15,18-20H2/t23-/m0/s1. The molecule has 1 amide bonds. The van der Waals surface area contributed by atoms with Crippen LogP contribution in [0.25, 0.3) is 37.6 Å². The summed E-state index contributed by atoms with van der Waals surface area (Å²) >= 11 is 6.41. The molecule has 0 N–H and O–H groups in total. The fourth-order valence-corrected chi connectivity index (χ4v) is 7.82. The number of ether oxygens (including phenoxy) is 1. The highest BCUT2D eigenvalue weighted by Gasteiger charge is 2.45. The van der Waals surface area contributed by atoms with E-state index in [9.17, 15) is 13.6 Å². The maximum absolute atomic E-state index is 16.2. The summed E-state index contributed by atoms with van der Waals surface area (Å²) in [6.07, 6.45) is 4.24. The van der Waals surface area contributed by atoms with Crippen molar-refractivity contribution in [3.05, 3.63) is 82.9 Å². The molecule has 47 heavy (non-hydrogen) atoms. The highest BCUT2D eigenvalue weighted by molar-refractivity contribution is 6.37. The zero-order valence-corrected chi connectivity index (χ0v) is 26.4. The molecule has 4 heterocycles. The summed E-state index contributed by atoms with van der Waals surface area (Å²) in [6.45, 7) is 13.5. The smallest absolute Gasteiger partial charge is 0.319 e. The Morgan fingerprint density at radius 1 is 1.06 bits per heavy atom. The molecule has 0 aliphatic carbocycles. The van der Waals surface area contributed by atoms with Crippen LogP contribution in [-0.2, 0) is 4.79 Å². The highest BCUT2D eigenvalue weighted by Crippen LogP contribution is 2.41. The van der Waals surface area contributed by atoms with Crippen LogP contribution in [0.3, 0.4) is 0 Å². The van der Waals surface area contributed by atoms with Crippen LogP contribution >= 0.6 is 11.6 Å². The number of hydrogen-bond acceptors (Lipinski definition) is 6. The third kappa shape index (κ3) is 5.53. The summed E-state index contributed by atoms with van der Waals surface area (Å²) in [7, 11) is 0. The SMILES string of the molecule is [C-]#[N+]C[C@H]1CN(c2nc(OCC34CCCN3CCC4)nc3cc(-c4cccc5ccc(F)c(Cl)c45)c(F)cc23)CCN1C(=O)C(=C)F. The monoisotopic (exact) mass is 660 g/mol. The van der Waals surface area contributed by atoms with E-state index in [1.807, 2.05) is 4.90 Å². The Bertz CT molecular complexity index is 1960. The number of hydrogen-bond donors (Lipinski definition) is 0. The van der Waals surface area contributed by atoms with E-state index in [0.717, 1.165) is 38.8 Å². The summed E-state index contributed by atoms with van der Waals surface area (Å²) < 4.78 is 51.0. The molecule has 7 rings (SSSR count). The van der Waals surface area contributed by atoms with E-state index in [2.05, 4.69) is 16.3 Å². The number of halogens is 4. The summed E-state index contributed by atoms with van der Waals surface area (Å²) in [5, 5.41) is 1.34. The molecule has 1 atom stereocenters. The minimum absolute atomic E-state index is 0.0584. The molecule has 0 saturated carbocycles. The van der Waals surface area contributed by atoms with E-state index in [0.29, 0.717) is 39.7 Å². The Morgan fingerprint density at radius 2 is 1.85 bits per heavy atom. The van der Waals surface area contributed by atoms with Crippen molar-refractivity contribution >= 4 is 45.0 Å². The van der Waals surface area contributed by atoms with Gasteiger partial charge in [-0.05, 0) is 67.9 Å². The second-order valence-electron chi connectivity index (χ2n) is 12.5. The molecule has 0 spiro atoms. The van der Waals surface area contributed by atoms with Gasteiger partial charge in [-0.2, -0.15) is 9.97 Å². The van der Waals surface area contributed by atoms with E-state index >= 15 is 4.39 Å². The van der Waals surface area contributed by atoms with Gasteiger partial charge in [0.2, 0.25) is 6.54 Å². The molecule has 0 bridgehead atoms. The van der Waals surface area contributed by atoms with E-state index in [1.165, 1.54) is 17.0 Å². The number of fused-ring (bicyclic) bond motifs is 3. The Hall–Kier alpha value is -4.40. The first-order valence-electron chi connectivity index (χ1n) is 15.7. The third-order valence-electron chi connectivity index (χ3n) is 9.83. The number of nitrogens with zero attached hydrogens (tertiary/aromatic N) is 6. The summed E-state index contributed by atoms with van der Waals surface area (Å²) in [6, 6.07) is 10.5. The Labute approximate surface area is 275 Å². The molecule has 3 aromatic carbocycles. The van der Waals surface area contributed by atoms with Gasteiger partial charge in [0.1, 0.15) is 30.1 Å². The summed E-state index contributed by atoms with van der Waals surface area (Å²) in [5.41, 5.74) is 0.925. The first-order chi connectivity index (χ1) is 22.7. The largest absolute Gasteiger partial charge is 0.461 e. The third-order valence-corrected chi connectivity index (χ3v) is 10.2. The van der Waals surface area contributed by atoms with Crippen molar-refractivity contribution in [1.82, 2.24) is 19.8 Å². The van der Waals surface area contributed by atoms with E-state index < -0.39 is 29.4 Å². The van der Waals surface area contributed by atoms with Gasteiger partial charge in [0.25, 0.3) is 5.91 Å². The zero-order chi connectivity index (χ0) is 32.9. The van der Waals surface area contributed by atoms with Gasteiger partial charge in [0, 0.05) is 36.0 Å². The Morgan fingerprint density at radius 3 is 2.60 bits per heavy atom. The van der Waals surface area contributed by atoms with Crippen molar-refractivity contribution in [2.45, 2.75) is 37.3 Å². The van der Waals surface area contributed by atoms with Crippen LogP contribution in [-0.4, -0.2) is 83.1 Å². The van der Waals surface area contributed by atoms with Crippen LogP contribution in [0.15, 0.2) is 54.9 Å². The van der Waals surface area contributed by atoms with Crippen LogP contribution in [0.5, 0.6) is 6.01 Å². The molecule has 0 unspecified atom stereocenters. The molecular weight excluding hydrogens is 629 g/mol. The predicted octanol–water partition coefficient (Wildman–Crippen LogP) is 6.81. The number of piperazine rings is 1. The highest BCUT2D eigenvalue weighted by atomic mass is 35.5. The predicted molar refractivity (Wildman–Crippen MR) is 175 cm³/mol. The molecule has 3 aliphatic heterocycles. The lowest BCUT2D eigenvalue weighted by Gasteiger charge is -2.39. The topological polar surface area (TPSA) is 66.2 Å². The molecule has 4 aromatic rings. The summed E-state index contributed by atoms with van der Waals surface area (Å²) in [4.78, 5) is 31.2. The van der Waals surface area contributed by atoms with Gasteiger partial charge in [0.15, 0.2) is 5.83 Å².